The molecule has 1 unspecified atom stereocenters. The van der Waals surface area contributed by atoms with Crippen LogP contribution in [0.1, 0.15) is 45.6 Å². The SMILES string of the molecule is CC(C)(C)CC1(Cc2ccc(O)cc2)CCCN1. The molecule has 2 rings (SSSR count). The zero-order valence-electron chi connectivity index (χ0n) is 11.8. The molecule has 2 N–H and O–H groups in total. The Bertz CT molecular complexity index is 383. The minimum Gasteiger partial charge on any atom is -0.508 e. The number of benzene rings is 1. The monoisotopic (exact) mass is 247 g/mol. The Balaban J connectivity index is 2.13. The van der Waals surface area contributed by atoms with Gasteiger partial charge in [-0.05, 0) is 55.3 Å². The van der Waals surface area contributed by atoms with Crippen molar-refractivity contribution in [1.82, 2.24) is 5.32 Å². The van der Waals surface area contributed by atoms with Gasteiger partial charge in [0.25, 0.3) is 0 Å². The van der Waals surface area contributed by atoms with Gasteiger partial charge in [0.15, 0.2) is 0 Å². The van der Waals surface area contributed by atoms with Crippen LogP contribution in [0.5, 0.6) is 5.75 Å². The molecule has 1 aliphatic rings. The van der Waals surface area contributed by atoms with Crippen LogP contribution in [0.4, 0.5) is 0 Å². The molecular weight excluding hydrogens is 222 g/mol. The first kappa shape index (κ1) is 13.4. The predicted octanol–water partition coefficient (Wildman–Crippen LogP) is 3.49. The topological polar surface area (TPSA) is 32.3 Å². The maximum absolute atomic E-state index is 9.35. The van der Waals surface area contributed by atoms with E-state index in [2.05, 4.69) is 26.1 Å². The van der Waals surface area contributed by atoms with E-state index in [9.17, 15) is 5.11 Å². The summed E-state index contributed by atoms with van der Waals surface area (Å²) in [5.74, 6) is 0.350. The first-order valence-electron chi connectivity index (χ1n) is 6.92. The molecule has 1 aromatic rings. The summed E-state index contributed by atoms with van der Waals surface area (Å²) in [6.07, 6.45) is 4.78. The van der Waals surface area contributed by atoms with Crippen molar-refractivity contribution in [2.45, 2.75) is 52.0 Å². The van der Waals surface area contributed by atoms with Gasteiger partial charge in [0.1, 0.15) is 5.75 Å². The Morgan fingerprint density at radius 3 is 2.39 bits per heavy atom. The largest absolute Gasteiger partial charge is 0.508 e. The Hall–Kier alpha value is -1.02. The van der Waals surface area contributed by atoms with Crippen molar-refractivity contribution in [3.8, 4) is 5.75 Å². The third kappa shape index (κ3) is 3.49. The van der Waals surface area contributed by atoms with Crippen LogP contribution >= 0.6 is 0 Å². The van der Waals surface area contributed by atoms with Gasteiger partial charge in [-0.1, -0.05) is 32.9 Å². The zero-order valence-corrected chi connectivity index (χ0v) is 11.8. The fraction of sp³-hybridized carbons (Fsp3) is 0.625. The van der Waals surface area contributed by atoms with E-state index >= 15 is 0 Å². The van der Waals surface area contributed by atoms with Crippen molar-refractivity contribution in [1.29, 1.82) is 0 Å². The lowest BCUT2D eigenvalue weighted by atomic mass is 9.76. The molecule has 0 amide bonds. The number of hydrogen-bond donors (Lipinski definition) is 2. The quantitative estimate of drug-likeness (QED) is 0.857. The van der Waals surface area contributed by atoms with Gasteiger partial charge in [-0.3, -0.25) is 0 Å². The van der Waals surface area contributed by atoms with E-state index in [4.69, 9.17) is 0 Å². The van der Waals surface area contributed by atoms with Crippen molar-refractivity contribution < 1.29 is 5.11 Å². The molecule has 100 valence electrons. The lowest BCUT2D eigenvalue weighted by Crippen LogP contribution is -2.44. The van der Waals surface area contributed by atoms with Gasteiger partial charge in [0, 0.05) is 5.54 Å². The van der Waals surface area contributed by atoms with E-state index in [-0.39, 0.29) is 5.54 Å². The van der Waals surface area contributed by atoms with Crippen LogP contribution < -0.4 is 5.32 Å². The molecule has 2 nitrogen and oxygen atoms in total. The molecule has 18 heavy (non-hydrogen) atoms. The molecule has 0 saturated carbocycles. The normalized spacial score (nSPS) is 24.4. The van der Waals surface area contributed by atoms with Crippen molar-refractivity contribution in [3.05, 3.63) is 29.8 Å². The molecule has 0 spiro atoms. The molecule has 1 fully saturated rings. The number of aromatic hydroxyl groups is 1. The van der Waals surface area contributed by atoms with E-state index in [1.165, 1.54) is 24.8 Å². The highest BCUT2D eigenvalue weighted by molar-refractivity contribution is 5.27. The second kappa shape index (κ2) is 4.93. The van der Waals surface area contributed by atoms with Crippen molar-refractivity contribution in [2.75, 3.05) is 6.54 Å². The van der Waals surface area contributed by atoms with Crippen LogP contribution in [0.3, 0.4) is 0 Å². The smallest absolute Gasteiger partial charge is 0.115 e. The Kier molecular flexibility index (Phi) is 3.67. The predicted molar refractivity (Wildman–Crippen MR) is 75.9 cm³/mol. The molecule has 1 aliphatic heterocycles. The molecular formula is C16H25NO. The summed E-state index contributed by atoms with van der Waals surface area (Å²) in [7, 11) is 0. The van der Waals surface area contributed by atoms with Crippen LogP contribution in [0.25, 0.3) is 0 Å². The lowest BCUT2D eigenvalue weighted by Gasteiger charge is -2.36. The number of hydrogen-bond acceptors (Lipinski definition) is 2. The summed E-state index contributed by atoms with van der Waals surface area (Å²) < 4.78 is 0. The molecule has 0 radical (unpaired) electrons. The number of nitrogens with one attached hydrogen (secondary N) is 1. The Morgan fingerprint density at radius 1 is 1.22 bits per heavy atom. The van der Waals surface area contributed by atoms with E-state index in [0.29, 0.717) is 11.2 Å². The molecule has 1 saturated heterocycles. The first-order valence-corrected chi connectivity index (χ1v) is 6.92. The highest BCUT2D eigenvalue weighted by Crippen LogP contribution is 2.35. The zero-order chi connectivity index (χ0) is 13.2. The summed E-state index contributed by atoms with van der Waals surface area (Å²) in [5, 5.41) is 13.1. The maximum Gasteiger partial charge on any atom is 0.115 e. The molecule has 1 atom stereocenters. The second-order valence-corrected chi connectivity index (χ2v) is 6.89. The van der Waals surface area contributed by atoms with Gasteiger partial charge < -0.3 is 10.4 Å². The number of phenols is 1. The maximum atomic E-state index is 9.35. The lowest BCUT2D eigenvalue weighted by molar-refractivity contribution is 0.229. The van der Waals surface area contributed by atoms with Gasteiger partial charge >= 0.3 is 0 Å². The Labute approximate surface area is 110 Å². The summed E-state index contributed by atoms with van der Waals surface area (Å²) >= 11 is 0. The minimum absolute atomic E-state index is 0.245. The highest BCUT2D eigenvalue weighted by Gasteiger charge is 2.36. The van der Waals surface area contributed by atoms with Crippen molar-refractivity contribution in [3.63, 3.8) is 0 Å². The molecule has 2 heteroatoms. The fourth-order valence-electron chi connectivity index (χ4n) is 3.25. The van der Waals surface area contributed by atoms with Gasteiger partial charge in [0.05, 0.1) is 0 Å². The van der Waals surface area contributed by atoms with Crippen LogP contribution in [0.2, 0.25) is 0 Å². The first-order chi connectivity index (χ1) is 8.39. The number of rotatable bonds is 3. The standard InChI is InChI=1S/C16H25NO/c1-15(2,3)12-16(9-4-10-17-16)11-13-5-7-14(18)8-6-13/h5-8,17-18H,4,9-12H2,1-3H3. The summed E-state index contributed by atoms with van der Waals surface area (Å²) in [4.78, 5) is 0. The van der Waals surface area contributed by atoms with Crippen molar-refractivity contribution in [2.24, 2.45) is 5.41 Å². The van der Waals surface area contributed by atoms with E-state index in [0.717, 1.165) is 13.0 Å². The van der Waals surface area contributed by atoms with Crippen LogP contribution in [0, 0.1) is 5.41 Å². The average molecular weight is 247 g/mol. The van der Waals surface area contributed by atoms with Crippen LogP contribution in [0.15, 0.2) is 24.3 Å². The second-order valence-electron chi connectivity index (χ2n) is 6.89. The summed E-state index contributed by atoms with van der Waals surface area (Å²) in [5.41, 5.74) is 1.90. The van der Waals surface area contributed by atoms with Crippen LogP contribution in [-0.2, 0) is 6.42 Å². The Morgan fingerprint density at radius 2 is 1.89 bits per heavy atom. The van der Waals surface area contributed by atoms with Gasteiger partial charge in [-0.2, -0.15) is 0 Å². The average Bonchev–Trinajstić information content (AvgIpc) is 2.67. The minimum atomic E-state index is 0.245. The molecule has 1 aromatic carbocycles. The highest BCUT2D eigenvalue weighted by atomic mass is 16.3. The van der Waals surface area contributed by atoms with E-state index < -0.39 is 0 Å². The molecule has 0 bridgehead atoms. The summed E-state index contributed by atoms with van der Waals surface area (Å²) in [6, 6.07) is 7.66. The molecule has 1 heterocycles. The molecule has 0 aliphatic carbocycles. The summed E-state index contributed by atoms with van der Waals surface area (Å²) in [6.45, 7) is 8.07. The van der Waals surface area contributed by atoms with E-state index in [1.807, 2.05) is 12.1 Å². The van der Waals surface area contributed by atoms with Gasteiger partial charge in [0.2, 0.25) is 0 Å². The molecule has 0 aromatic heterocycles. The third-order valence-corrected chi connectivity index (χ3v) is 3.68. The van der Waals surface area contributed by atoms with Crippen molar-refractivity contribution >= 4 is 0 Å². The van der Waals surface area contributed by atoms with Crippen LogP contribution in [-0.4, -0.2) is 17.2 Å². The van der Waals surface area contributed by atoms with Gasteiger partial charge in [-0.25, -0.2) is 0 Å². The fourth-order valence-corrected chi connectivity index (χ4v) is 3.25. The van der Waals surface area contributed by atoms with Gasteiger partial charge in [-0.15, -0.1) is 0 Å². The third-order valence-electron chi connectivity index (χ3n) is 3.68. The van der Waals surface area contributed by atoms with E-state index in [1.54, 1.807) is 12.1 Å². The number of phenolic OH excluding ortho intramolecular Hbond substituents is 1.